The Morgan fingerprint density at radius 1 is 1.54 bits per heavy atom. The Morgan fingerprint density at radius 3 is 2.69 bits per heavy atom. The van der Waals surface area contributed by atoms with E-state index in [1.54, 1.807) is 11.3 Å². The smallest absolute Gasteiger partial charge is 0.183 e. The predicted molar refractivity (Wildman–Crippen MR) is 62.4 cm³/mol. The van der Waals surface area contributed by atoms with Gasteiger partial charge in [-0.05, 0) is 21.8 Å². The average Bonchev–Trinajstić information content (AvgIpc) is 2.53. The second-order valence-electron chi connectivity index (χ2n) is 3.04. The van der Waals surface area contributed by atoms with Crippen LogP contribution in [0.3, 0.4) is 0 Å². The quantitative estimate of drug-likeness (QED) is 0.875. The molecule has 0 bridgehead atoms. The van der Waals surface area contributed by atoms with Gasteiger partial charge in [-0.1, -0.05) is 26.7 Å². The first-order valence-electron chi connectivity index (χ1n) is 4.61. The zero-order valence-corrected chi connectivity index (χ0v) is 10.4. The number of rotatable bonds is 5. The third-order valence-electron chi connectivity index (χ3n) is 2.17. The van der Waals surface area contributed by atoms with Gasteiger partial charge in [0, 0.05) is 11.9 Å². The van der Waals surface area contributed by atoms with Gasteiger partial charge in [0.05, 0.1) is 0 Å². The summed E-state index contributed by atoms with van der Waals surface area (Å²) < 4.78 is 0.921. The van der Waals surface area contributed by atoms with E-state index in [4.69, 9.17) is 0 Å². The molecule has 0 aromatic carbocycles. The Bertz CT molecular complexity index is 246. The summed E-state index contributed by atoms with van der Waals surface area (Å²) in [5.41, 5.74) is 0. The summed E-state index contributed by atoms with van der Waals surface area (Å²) in [5, 5.41) is 6.35. The highest BCUT2D eigenvalue weighted by Crippen LogP contribution is 2.20. The topological polar surface area (TPSA) is 24.9 Å². The van der Waals surface area contributed by atoms with Crippen LogP contribution in [0.5, 0.6) is 0 Å². The van der Waals surface area contributed by atoms with E-state index in [0.29, 0.717) is 0 Å². The zero-order valence-electron chi connectivity index (χ0n) is 8.01. The van der Waals surface area contributed by atoms with Crippen LogP contribution in [0, 0.1) is 5.92 Å². The Balaban J connectivity index is 2.33. The van der Waals surface area contributed by atoms with Gasteiger partial charge in [0.2, 0.25) is 0 Å². The van der Waals surface area contributed by atoms with Crippen LogP contribution in [0.2, 0.25) is 0 Å². The molecule has 1 heterocycles. The van der Waals surface area contributed by atoms with Crippen LogP contribution in [0.25, 0.3) is 0 Å². The van der Waals surface area contributed by atoms with E-state index in [1.165, 1.54) is 12.8 Å². The summed E-state index contributed by atoms with van der Waals surface area (Å²) in [4.78, 5) is 4.28. The third kappa shape index (κ3) is 3.65. The molecule has 1 rings (SSSR count). The molecule has 0 aliphatic heterocycles. The van der Waals surface area contributed by atoms with Crippen molar-refractivity contribution in [1.29, 1.82) is 0 Å². The number of halogens is 1. The highest BCUT2D eigenvalue weighted by Gasteiger charge is 2.04. The van der Waals surface area contributed by atoms with Crippen LogP contribution in [0.1, 0.15) is 26.7 Å². The maximum Gasteiger partial charge on any atom is 0.183 e. The molecule has 4 heteroatoms. The molecule has 0 amide bonds. The molecule has 0 atom stereocenters. The van der Waals surface area contributed by atoms with Gasteiger partial charge in [0.25, 0.3) is 0 Å². The highest BCUT2D eigenvalue weighted by atomic mass is 79.9. The van der Waals surface area contributed by atoms with E-state index in [9.17, 15) is 0 Å². The molecule has 0 saturated heterocycles. The van der Waals surface area contributed by atoms with Crippen molar-refractivity contribution in [3.05, 3.63) is 9.98 Å². The van der Waals surface area contributed by atoms with Crippen LogP contribution in [0.4, 0.5) is 5.13 Å². The third-order valence-corrected chi connectivity index (χ3v) is 3.68. The number of hydrogen-bond donors (Lipinski definition) is 1. The van der Waals surface area contributed by atoms with Gasteiger partial charge >= 0.3 is 0 Å². The van der Waals surface area contributed by atoms with Gasteiger partial charge in [-0.2, -0.15) is 0 Å². The molecule has 2 nitrogen and oxygen atoms in total. The van der Waals surface area contributed by atoms with E-state index in [0.717, 1.165) is 22.2 Å². The number of aromatic nitrogens is 1. The summed E-state index contributed by atoms with van der Waals surface area (Å²) in [5.74, 6) is 0.766. The minimum absolute atomic E-state index is 0.766. The molecule has 0 saturated carbocycles. The van der Waals surface area contributed by atoms with Gasteiger partial charge in [-0.15, -0.1) is 11.3 Å². The fraction of sp³-hybridized carbons (Fsp3) is 0.667. The molecule has 0 aliphatic carbocycles. The van der Waals surface area contributed by atoms with Crippen molar-refractivity contribution in [2.45, 2.75) is 26.7 Å². The van der Waals surface area contributed by atoms with Crippen molar-refractivity contribution < 1.29 is 0 Å². The standard InChI is InChI=1S/C9H15BrN2S/c1-3-7(4-2)5-11-9-12-8(10)6-13-9/h6-7H,3-5H2,1-2H3,(H,11,12). The molecule has 0 fully saturated rings. The summed E-state index contributed by atoms with van der Waals surface area (Å²) >= 11 is 4.98. The first-order valence-corrected chi connectivity index (χ1v) is 6.28. The maximum atomic E-state index is 4.28. The first-order chi connectivity index (χ1) is 6.26. The first kappa shape index (κ1) is 11.0. The van der Waals surface area contributed by atoms with Crippen molar-refractivity contribution in [2.24, 2.45) is 5.92 Å². The zero-order chi connectivity index (χ0) is 9.68. The molecule has 74 valence electrons. The molecule has 1 N–H and O–H groups in total. The van der Waals surface area contributed by atoms with E-state index >= 15 is 0 Å². The summed E-state index contributed by atoms with van der Waals surface area (Å²) in [7, 11) is 0. The van der Waals surface area contributed by atoms with E-state index in [2.05, 4.69) is 40.1 Å². The lowest BCUT2D eigenvalue weighted by atomic mass is 10.0. The molecule has 0 spiro atoms. The Morgan fingerprint density at radius 2 is 2.23 bits per heavy atom. The lowest BCUT2D eigenvalue weighted by molar-refractivity contribution is 0.519. The fourth-order valence-electron chi connectivity index (χ4n) is 1.14. The van der Waals surface area contributed by atoms with Crippen molar-refractivity contribution in [3.63, 3.8) is 0 Å². The van der Waals surface area contributed by atoms with E-state index in [-0.39, 0.29) is 0 Å². The lowest BCUT2D eigenvalue weighted by Crippen LogP contribution is -2.12. The van der Waals surface area contributed by atoms with Crippen LogP contribution in [-0.2, 0) is 0 Å². The van der Waals surface area contributed by atoms with Crippen LogP contribution in [0.15, 0.2) is 9.98 Å². The van der Waals surface area contributed by atoms with Crippen LogP contribution >= 0.6 is 27.3 Å². The number of nitrogens with zero attached hydrogens (tertiary/aromatic N) is 1. The minimum Gasteiger partial charge on any atom is -0.361 e. The largest absolute Gasteiger partial charge is 0.361 e. The number of anilines is 1. The summed E-state index contributed by atoms with van der Waals surface area (Å²) in [6.45, 7) is 5.49. The van der Waals surface area contributed by atoms with Gasteiger partial charge in [-0.3, -0.25) is 0 Å². The van der Waals surface area contributed by atoms with E-state index in [1.807, 2.05) is 5.38 Å². The second-order valence-corrected chi connectivity index (χ2v) is 4.71. The van der Waals surface area contributed by atoms with Crippen molar-refractivity contribution in [3.8, 4) is 0 Å². The van der Waals surface area contributed by atoms with Crippen LogP contribution in [-0.4, -0.2) is 11.5 Å². The highest BCUT2D eigenvalue weighted by molar-refractivity contribution is 9.10. The molecule has 1 aromatic heterocycles. The number of nitrogens with one attached hydrogen (secondary N) is 1. The van der Waals surface area contributed by atoms with E-state index < -0.39 is 0 Å². The van der Waals surface area contributed by atoms with Gasteiger partial charge in [0.1, 0.15) is 4.60 Å². The normalized spacial score (nSPS) is 10.8. The van der Waals surface area contributed by atoms with Crippen molar-refractivity contribution in [1.82, 2.24) is 4.98 Å². The maximum absolute atomic E-state index is 4.28. The number of hydrogen-bond acceptors (Lipinski definition) is 3. The summed E-state index contributed by atoms with van der Waals surface area (Å²) in [6, 6.07) is 0. The fourth-order valence-corrected chi connectivity index (χ4v) is 2.30. The van der Waals surface area contributed by atoms with Crippen LogP contribution < -0.4 is 5.32 Å². The van der Waals surface area contributed by atoms with Gasteiger partial charge in [-0.25, -0.2) is 4.98 Å². The molecular formula is C9H15BrN2S. The molecule has 0 radical (unpaired) electrons. The van der Waals surface area contributed by atoms with Crippen molar-refractivity contribution in [2.75, 3.05) is 11.9 Å². The Kier molecular flexibility index (Phi) is 4.73. The summed E-state index contributed by atoms with van der Waals surface area (Å²) in [6.07, 6.45) is 2.46. The molecule has 13 heavy (non-hydrogen) atoms. The average molecular weight is 263 g/mol. The van der Waals surface area contributed by atoms with Gasteiger partial charge in [0.15, 0.2) is 5.13 Å². The number of thiazole rings is 1. The Labute approximate surface area is 91.9 Å². The Hall–Kier alpha value is -0.0900. The SMILES string of the molecule is CCC(CC)CNc1nc(Br)cs1. The molecular weight excluding hydrogens is 248 g/mol. The molecule has 0 unspecified atom stereocenters. The second kappa shape index (κ2) is 5.60. The molecule has 0 aliphatic rings. The van der Waals surface area contributed by atoms with Gasteiger partial charge < -0.3 is 5.32 Å². The monoisotopic (exact) mass is 262 g/mol. The lowest BCUT2D eigenvalue weighted by Gasteiger charge is -2.11. The minimum atomic E-state index is 0.766. The van der Waals surface area contributed by atoms with Crippen molar-refractivity contribution >= 4 is 32.4 Å². The predicted octanol–water partition coefficient (Wildman–Crippen LogP) is 3.75. The molecule has 1 aromatic rings.